The first-order chi connectivity index (χ1) is 12.1. The van der Waals surface area contributed by atoms with Gasteiger partial charge in [0.25, 0.3) is 11.8 Å². The van der Waals surface area contributed by atoms with E-state index in [-0.39, 0.29) is 0 Å². The van der Waals surface area contributed by atoms with Crippen molar-refractivity contribution in [2.75, 3.05) is 6.54 Å². The summed E-state index contributed by atoms with van der Waals surface area (Å²) >= 11 is 0. The van der Waals surface area contributed by atoms with Gasteiger partial charge in [-0.2, -0.15) is 0 Å². The van der Waals surface area contributed by atoms with E-state index in [1.54, 1.807) is 36.4 Å². The van der Waals surface area contributed by atoms with Crippen molar-refractivity contribution >= 4 is 28.6 Å². The molecule has 0 unspecified atom stereocenters. The fraction of sp³-hybridized carbons (Fsp3) is 0.0500. The van der Waals surface area contributed by atoms with Crippen molar-refractivity contribution < 1.29 is 19.1 Å². The second kappa shape index (κ2) is 5.87. The molecule has 0 saturated heterocycles. The van der Waals surface area contributed by atoms with Crippen molar-refractivity contribution in [1.82, 2.24) is 4.90 Å². The van der Waals surface area contributed by atoms with E-state index >= 15 is 0 Å². The lowest BCUT2D eigenvalue weighted by molar-refractivity contribution is -0.134. The van der Waals surface area contributed by atoms with Crippen molar-refractivity contribution in [3.63, 3.8) is 0 Å². The minimum absolute atomic E-state index is 0.311. The number of hydrogen-bond acceptors (Lipinski definition) is 4. The van der Waals surface area contributed by atoms with Crippen LogP contribution in [0.1, 0.15) is 20.7 Å². The number of hydrogen-bond donors (Lipinski definition) is 0. The molecule has 5 heteroatoms. The molecule has 0 spiro atoms. The number of nitrogens with zero attached hydrogens (tertiary/aromatic N) is 1. The summed E-state index contributed by atoms with van der Waals surface area (Å²) in [5, 5.41) is 1.73. The molecule has 1 heterocycles. The fourth-order valence-corrected chi connectivity index (χ4v) is 2.95. The van der Waals surface area contributed by atoms with Crippen LogP contribution in [0, 0.1) is 0 Å². The lowest BCUT2D eigenvalue weighted by Gasteiger charge is -2.13. The van der Waals surface area contributed by atoms with E-state index in [1.807, 2.05) is 30.3 Å². The molecule has 0 aliphatic carbocycles. The predicted octanol–water partition coefficient (Wildman–Crippen LogP) is 3.04. The molecule has 0 bridgehead atoms. The molecule has 0 fully saturated rings. The van der Waals surface area contributed by atoms with E-state index in [9.17, 15) is 14.4 Å². The number of benzene rings is 3. The highest BCUT2D eigenvalue weighted by molar-refractivity contribution is 6.22. The van der Waals surface area contributed by atoms with Gasteiger partial charge in [0.15, 0.2) is 0 Å². The van der Waals surface area contributed by atoms with Crippen LogP contribution in [0.3, 0.4) is 0 Å². The largest absolute Gasteiger partial charge is 0.425 e. The van der Waals surface area contributed by atoms with Gasteiger partial charge in [0.2, 0.25) is 0 Å². The van der Waals surface area contributed by atoms with Crippen LogP contribution < -0.4 is 4.74 Å². The average Bonchev–Trinajstić information content (AvgIpc) is 2.87. The number of esters is 1. The molecule has 3 aromatic rings. The summed E-state index contributed by atoms with van der Waals surface area (Å²) < 4.78 is 5.40. The maximum Gasteiger partial charge on any atom is 0.331 e. The number of imide groups is 1. The minimum atomic E-state index is -0.661. The van der Waals surface area contributed by atoms with Gasteiger partial charge in [0.1, 0.15) is 12.3 Å². The zero-order valence-electron chi connectivity index (χ0n) is 13.1. The summed E-state index contributed by atoms with van der Waals surface area (Å²) in [5.74, 6) is -1.21. The normalized spacial score (nSPS) is 13.2. The first kappa shape index (κ1) is 15.1. The van der Waals surface area contributed by atoms with Crippen LogP contribution in [0.15, 0.2) is 66.7 Å². The van der Waals surface area contributed by atoms with Gasteiger partial charge in [-0.25, -0.2) is 4.79 Å². The monoisotopic (exact) mass is 331 g/mol. The molecule has 122 valence electrons. The third kappa shape index (κ3) is 2.55. The topological polar surface area (TPSA) is 63.7 Å². The van der Waals surface area contributed by atoms with Gasteiger partial charge in [-0.3, -0.25) is 14.5 Å². The van der Waals surface area contributed by atoms with Crippen LogP contribution in [0.2, 0.25) is 0 Å². The average molecular weight is 331 g/mol. The Balaban J connectivity index is 1.55. The number of fused-ring (bicyclic) bond motifs is 2. The molecular weight excluding hydrogens is 318 g/mol. The molecule has 0 atom stereocenters. The van der Waals surface area contributed by atoms with Gasteiger partial charge in [0, 0.05) is 5.39 Å². The first-order valence-electron chi connectivity index (χ1n) is 7.79. The molecule has 25 heavy (non-hydrogen) atoms. The number of carbonyl (C=O) groups excluding carboxylic acids is 3. The summed E-state index contributed by atoms with van der Waals surface area (Å²) in [5.41, 5.74) is 0.621. The Bertz CT molecular complexity index is 985. The zero-order chi connectivity index (χ0) is 17.4. The SMILES string of the molecule is O=C(CN1C(=O)c2ccccc2C1=O)Oc1cccc2ccccc12. The molecule has 0 saturated carbocycles. The summed E-state index contributed by atoms with van der Waals surface area (Å²) in [4.78, 5) is 37.8. The molecule has 0 aromatic heterocycles. The van der Waals surface area contributed by atoms with E-state index < -0.39 is 24.3 Å². The van der Waals surface area contributed by atoms with E-state index in [2.05, 4.69) is 0 Å². The van der Waals surface area contributed by atoms with Gasteiger partial charge in [-0.15, -0.1) is 0 Å². The van der Waals surface area contributed by atoms with Crippen LogP contribution in [0.25, 0.3) is 10.8 Å². The maximum absolute atomic E-state index is 12.3. The highest BCUT2D eigenvalue weighted by Crippen LogP contribution is 2.26. The van der Waals surface area contributed by atoms with E-state index in [0.717, 1.165) is 15.7 Å². The Labute approximate surface area is 143 Å². The predicted molar refractivity (Wildman–Crippen MR) is 91.4 cm³/mol. The molecule has 5 nitrogen and oxygen atoms in total. The van der Waals surface area contributed by atoms with Gasteiger partial charge in [-0.1, -0.05) is 48.5 Å². The first-order valence-corrected chi connectivity index (χ1v) is 7.79. The van der Waals surface area contributed by atoms with Crippen molar-refractivity contribution in [1.29, 1.82) is 0 Å². The number of carbonyl (C=O) groups is 3. The van der Waals surface area contributed by atoms with Crippen LogP contribution in [-0.4, -0.2) is 29.2 Å². The van der Waals surface area contributed by atoms with Crippen LogP contribution >= 0.6 is 0 Å². The van der Waals surface area contributed by atoms with Gasteiger partial charge in [0.05, 0.1) is 11.1 Å². The van der Waals surface area contributed by atoms with Crippen molar-refractivity contribution in [3.05, 3.63) is 77.9 Å². The lowest BCUT2D eigenvalue weighted by atomic mass is 10.1. The second-order valence-electron chi connectivity index (χ2n) is 5.69. The van der Waals surface area contributed by atoms with Crippen molar-refractivity contribution in [2.45, 2.75) is 0 Å². The summed E-state index contributed by atoms with van der Waals surface area (Å²) in [6.07, 6.45) is 0. The third-order valence-electron chi connectivity index (χ3n) is 4.14. The second-order valence-corrected chi connectivity index (χ2v) is 5.69. The van der Waals surface area contributed by atoms with E-state index in [4.69, 9.17) is 4.74 Å². The maximum atomic E-state index is 12.3. The minimum Gasteiger partial charge on any atom is -0.425 e. The molecule has 3 aromatic carbocycles. The highest BCUT2D eigenvalue weighted by Gasteiger charge is 2.36. The summed E-state index contributed by atoms with van der Waals surface area (Å²) in [6.45, 7) is -0.421. The Morgan fingerprint density at radius 1 is 0.800 bits per heavy atom. The van der Waals surface area contributed by atoms with Gasteiger partial charge in [-0.05, 0) is 23.6 Å². The Morgan fingerprint density at radius 3 is 2.12 bits per heavy atom. The quantitative estimate of drug-likeness (QED) is 0.420. The fourth-order valence-electron chi connectivity index (χ4n) is 2.95. The van der Waals surface area contributed by atoms with E-state index in [0.29, 0.717) is 16.9 Å². The Kier molecular flexibility index (Phi) is 3.54. The van der Waals surface area contributed by atoms with E-state index in [1.165, 1.54) is 0 Å². The summed E-state index contributed by atoms with van der Waals surface area (Å²) in [7, 11) is 0. The Hall–Kier alpha value is -3.47. The Morgan fingerprint density at radius 2 is 1.40 bits per heavy atom. The summed E-state index contributed by atoms with van der Waals surface area (Å²) in [6, 6.07) is 19.4. The molecule has 1 aliphatic heterocycles. The lowest BCUT2D eigenvalue weighted by Crippen LogP contribution is -2.36. The zero-order valence-corrected chi connectivity index (χ0v) is 13.1. The van der Waals surface area contributed by atoms with Crippen LogP contribution in [0.4, 0.5) is 0 Å². The molecule has 2 amide bonds. The molecular formula is C20H13NO4. The van der Waals surface area contributed by atoms with Crippen LogP contribution in [0.5, 0.6) is 5.75 Å². The van der Waals surface area contributed by atoms with Gasteiger partial charge >= 0.3 is 5.97 Å². The van der Waals surface area contributed by atoms with Crippen molar-refractivity contribution in [3.8, 4) is 5.75 Å². The number of rotatable bonds is 3. The highest BCUT2D eigenvalue weighted by atomic mass is 16.5. The molecule has 4 rings (SSSR count). The molecule has 0 radical (unpaired) electrons. The number of amides is 2. The third-order valence-corrected chi connectivity index (χ3v) is 4.14. The van der Waals surface area contributed by atoms with Gasteiger partial charge < -0.3 is 4.74 Å². The molecule has 1 aliphatic rings. The smallest absolute Gasteiger partial charge is 0.331 e. The standard InChI is InChI=1S/C20H13NO4/c22-18(25-17-11-5-7-13-6-1-2-8-14(13)17)12-21-19(23)15-9-3-4-10-16(15)20(21)24/h1-11H,12H2. The number of ether oxygens (including phenoxy) is 1. The van der Waals surface area contributed by atoms with Crippen LogP contribution in [-0.2, 0) is 4.79 Å². The van der Waals surface area contributed by atoms with Crippen molar-refractivity contribution in [2.24, 2.45) is 0 Å². The molecule has 0 N–H and O–H groups in total.